The van der Waals surface area contributed by atoms with E-state index < -0.39 is 11.9 Å². The number of ketones is 1. The number of carbonyl (C=O) groups is 2. The number of hydrogen-bond acceptors (Lipinski definition) is 6. The lowest BCUT2D eigenvalue weighted by Crippen LogP contribution is -2.39. The second-order valence-electron chi connectivity index (χ2n) is 9.17. The fourth-order valence-corrected chi connectivity index (χ4v) is 4.69. The summed E-state index contributed by atoms with van der Waals surface area (Å²) in [5, 5.41) is 3.70. The normalized spacial score (nSPS) is 20.5. The standard InChI is InChI=1S/C25H27NO5/c1-6-30-24(29)20-14(3)26-17-10-25(4,5)11-18(27)22(17)21(20)16-12-31-19-8-7-13(2)9-15(19)23(16)28/h7-9,12,21,26H,6,10-11H2,1-5H3/t21-/m0/s1. The van der Waals surface area contributed by atoms with Gasteiger partial charge in [0.05, 0.1) is 29.7 Å². The van der Waals surface area contributed by atoms with Crippen molar-refractivity contribution in [3.63, 3.8) is 0 Å². The third-order valence-electron chi connectivity index (χ3n) is 6.00. The summed E-state index contributed by atoms with van der Waals surface area (Å²) in [6.45, 7) is 9.68. The van der Waals surface area contributed by atoms with Crippen LogP contribution in [0, 0.1) is 12.3 Å². The van der Waals surface area contributed by atoms with Gasteiger partial charge < -0.3 is 14.5 Å². The van der Waals surface area contributed by atoms with E-state index in [0.29, 0.717) is 35.1 Å². The monoisotopic (exact) mass is 421 g/mol. The average molecular weight is 421 g/mol. The second-order valence-corrected chi connectivity index (χ2v) is 9.17. The summed E-state index contributed by atoms with van der Waals surface area (Å²) in [6, 6.07) is 5.40. The maximum atomic E-state index is 13.5. The van der Waals surface area contributed by atoms with Gasteiger partial charge in [0.15, 0.2) is 11.2 Å². The number of ether oxygens (including phenoxy) is 1. The second kappa shape index (κ2) is 7.52. The van der Waals surface area contributed by atoms with Crippen LogP contribution in [-0.4, -0.2) is 18.4 Å². The Morgan fingerprint density at radius 3 is 2.68 bits per heavy atom. The maximum Gasteiger partial charge on any atom is 0.336 e. The van der Waals surface area contributed by atoms with Gasteiger partial charge >= 0.3 is 5.97 Å². The summed E-state index contributed by atoms with van der Waals surface area (Å²) in [5.41, 5.74) is 3.34. The molecule has 1 N–H and O–H groups in total. The van der Waals surface area contributed by atoms with Crippen molar-refractivity contribution in [2.24, 2.45) is 5.41 Å². The Morgan fingerprint density at radius 2 is 1.97 bits per heavy atom. The number of carbonyl (C=O) groups excluding carboxylic acids is 2. The molecule has 6 nitrogen and oxygen atoms in total. The van der Waals surface area contributed by atoms with Crippen molar-refractivity contribution in [2.45, 2.75) is 53.4 Å². The van der Waals surface area contributed by atoms with Gasteiger partial charge in [-0.05, 0) is 44.7 Å². The van der Waals surface area contributed by atoms with Crippen LogP contribution in [0.15, 0.2) is 56.2 Å². The first-order valence-electron chi connectivity index (χ1n) is 10.6. The Hall–Kier alpha value is -3.15. The molecular formula is C25H27NO5. The summed E-state index contributed by atoms with van der Waals surface area (Å²) in [6.07, 6.45) is 2.38. The van der Waals surface area contributed by atoms with Gasteiger partial charge in [-0.25, -0.2) is 4.79 Å². The Balaban J connectivity index is 1.99. The fraction of sp³-hybridized carbons (Fsp3) is 0.400. The Labute approximate surface area is 181 Å². The van der Waals surface area contributed by atoms with Crippen LogP contribution in [0.1, 0.15) is 57.6 Å². The largest absolute Gasteiger partial charge is 0.464 e. The summed E-state index contributed by atoms with van der Waals surface area (Å²) in [5.74, 6) is -1.42. The van der Waals surface area contributed by atoms with E-state index in [1.807, 2.05) is 26.8 Å². The van der Waals surface area contributed by atoms with Gasteiger partial charge in [0.1, 0.15) is 5.58 Å². The quantitative estimate of drug-likeness (QED) is 0.745. The van der Waals surface area contributed by atoms with Crippen molar-refractivity contribution in [2.75, 3.05) is 6.61 Å². The Morgan fingerprint density at radius 1 is 1.23 bits per heavy atom. The van der Waals surface area contributed by atoms with Gasteiger partial charge in [-0.2, -0.15) is 0 Å². The summed E-state index contributed by atoms with van der Waals surface area (Å²) in [4.78, 5) is 39.8. The first-order chi connectivity index (χ1) is 14.6. The van der Waals surface area contributed by atoms with Gasteiger partial charge in [-0.3, -0.25) is 9.59 Å². The lowest BCUT2D eigenvalue weighted by molar-refractivity contribution is -0.138. The van der Waals surface area contributed by atoms with E-state index in [2.05, 4.69) is 5.32 Å². The molecule has 1 atom stereocenters. The van der Waals surface area contributed by atoms with E-state index in [1.165, 1.54) is 6.26 Å². The zero-order valence-electron chi connectivity index (χ0n) is 18.5. The van der Waals surface area contributed by atoms with Crippen molar-refractivity contribution in [3.8, 4) is 0 Å². The number of benzene rings is 1. The number of Topliss-reactive ketones (excluding diaryl/α,β-unsaturated/α-hetero) is 1. The topological polar surface area (TPSA) is 85.6 Å². The van der Waals surface area contributed by atoms with E-state index in [-0.39, 0.29) is 34.4 Å². The molecule has 0 spiro atoms. The SMILES string of the molecule is CCOC(=O)C1=C(C)NC2=C(C(=O)CC(C)(C)C2)[C@H]1c1coc2ccc(C)cc2c1=O. The molecule has 31 heavy (non-hydrogen) atoms. The van der Waals surface area contributed by atoms with E-state index in [1.54, 1.807) is 26.0 Å². The number of aryl methyl sites for hydroxylation is 1. The summed E-state index contributed by atoms with van der Waals surface area (Å²) < 4.78 is 11.1. The predicted octanol–water partition coefficient (Wildman–Crippen LogP) is 4.27. The van der Waals surface area contributed by atoms with Gasteiger partial charge in [0.2, 0.25) is 0 Å². The van der Waals surface area contributed by atoms with Gasteiger partial charge in [-0.1, -0.05) is 25.5 Å². The third kappa shape index (κ3) is 3.60. The third-order valence-corrected chi connectivity index (χ3v) is 6.00. The molecule has 6 heteroatoms. The molecule has 0 saturated heterocycles. The molecule has 0 saturated carbocycles. The summed E-state index contributed by atoms with van der Waals surface area (Å²) in [7, 11) is 0. The minimum Gasteiger partial charge on any atom is -0.464 e. The molecule has 1 aromatic heterocycles. The highest BCUT2D eigenvalue weighted by atomic mass is 16.5. The molecule has 1 aliphatic carbocycles. The number of fused-ring (bicyclic) bond motifs is 1. The van der Waals surface area contributed by atoms with Crippen molar-refractivity contribution in [1.29, 1.82) is 0 Å². The zero-order chi connectivity index (χ0) is 22.5. The van der Waals surface area contributed by atoms with E-state index in [0.717, 1.165) is 11.3 Å². The lowest BCUT2D eigenvalue weighted by atomic mass is 9.68. The fourth-order valence-electron chi connectivity index (χ4n) is 4.69. The molecule has 2 heterocycles. The maximum absolute atomic E-state index is 13.5. The van der Waals surface area contributed by atoms with E-state index in [4.69, 9.17) is 9.15 Å². The molecular weight excluding hydrogens is 394 g/mol. The number of rotatable bonds is 3. The van der Waals surface area contributed by atoms with Crippen LogP contribution >= 0.6 is 0 Å². The highest BCUT2D eigenvalue weighted by molar-refractivity contribution is 6.04. The molecule has 2 aliphatic rings. The number of nitrogens with one attached hydrogen (secondary N) is 1. The molecule has 1 aromatic carbocycles. The predicted molar refractivity (Wildman–Crippen MR) is 117 cm³/mol. The Kier molecular flexibility index (Phi) is 5.12. The van der Waals surface area contributed by atoms with Crippen molar-refractivity contribution >= 4 is 22.7 Å². The van der Waals surface area contributed by atoms with Gasteiger partial charge in [-0.15, -0.1) is 0 Å². The average Bonchev–Trinajstić information content (AvgIpc) is 2.67. The first kappa shape index (κ1) is 21.1. The van der Waals surface area contributed by atoms with E-state index in [9.17, 15) is 14.4 Å². The van der Waals surface area contributed by atoms with Crippen LogP contribution in [0.4, 0.5) is 0 Å². The van der Waals surface area contributed by atoms with Crippen LogP contribution in [0.25, 0.3) is 11.0 Å². The number of esters is 1. The highest BCUT2D eigenvalue weighted by Gasteiger charge is 2.44. The molecule has 0 fully saturated rings. The van der Waals surface area contributed by atoms with Gasteiger partial charge in [0.25, 0.3) is 0 Å². The summed E-state index contributed by atoms with van der Waals surface area (Å²) >= 11 is 0. The molecule has 0 unspecified atom stereocenters. The van der Waals surface area contributed by atoms with Crippen molar-refractivity contribution < 1.29 is 18.7 Å². The van der Waals surface area contributed by atoms with Gasteiger partial charge in [0, 0.05) is 29.0 Å². The minimum absolute atomic E-state index is 0.0678. The smallest absolute Gasteiger partial charge is 0.336 e. The van der Waals surface area contributed by atoms with Crippen LogP contribution in [0.5, 0.6) is 0 Å². The Bertz CT molecular complexity index is 1230. The number of dihydropyridines is 1. The number of allylic oxidation sites excluding steroid dienone is 3. The van der Waals surface area contributed by atoms with Crippen molar-refractivity contribution in [1.82, 2.24) is 5.32 Å². The molecule has 0 amide bonds. The van der Waals surface area contributed by atoms with Crippen LogP contribution in [-0.2, 0) is 14.3 Å². The molecule has 0 bridgehead atoms. The molecule has 1 aliphatic heterocycles. The zero-order valence-corrected chi connectivity index (χ0v) is 18.5. The minimum atomic E-state index is -0.819. The van der Waals surface area contributed by atoms with E-state index >= 15 is 0 Å². The lowest BCUT2D eigenvalue weighted by Gasteiger charge is -2.39. The van der Waals surface area contributed by atoms with Crippen LogP contribution < -0.4 is 10.7 Å². The molecule has 162 valence electrons. The van der Waals surface area contributed by atoms with Crippen molar-refractivity contribution in [3.05, 3.63) is 68.4 Å². The molecule has 4 rings (SSSR count). The molecule has 0 radical (unpaired) electrons. The number of hydrogen-bond donors (Lipinski definition) is 1. The highest BCUT2D eigenvalue weighted by Crippen LogP contribution is 2.46. The van der Waals surface area contributed by atoms with Crippen LogP contribution in [0.3, 0.4) is 0 Å². The first-order valence-corrected chi connectivity index (χ1v) is 10.6. The van der Waals surface area contributed by atoms with Crippen LogP contribution in [0.2, 0.25) is 0 Å². The molecule has 2 aromatic rings.